The predicted octanol–water partition coefficient (Wildman–Crippen LogP) is 1.31. The first-order valence-electron chi connectivity index (χ1n) is 3.46. The van der Waals surface area contributed by atoms with Crippen LogP contribution in [-0.2, 0) is 14.3 Å². The minimum absolute atomic E-state index is 0.251. The highest BCUT2D eigenvalue weighted by Crippen LogP contribution is 2.31. The third kappa shape index (κ3) is 1.69. The van der Waals surface area contributed by atoms with E-state index in [1.807, 2.05) is 0 Å². The molecule has 1 rings (SSSR count). The van der Waals surface area contributed by atoms with Crippen molar-refractivity contribution in [3.05, 3.63) is 0 Å². The molecular formula is C7H9ClO4. The summed E-state index contributed by atoms with van der Waals surface area (Å²) in [6.45, 7) is 3.78. The Bertz CT molecular complexity index is 223. The molecule has 68 valence electrons. The van der Waals surface area contributed by atoms with E-state index in [9.17, 15) is 9.59 Å². The van der Waals surface area contributed by atoms with Crippen LogP contribution in [0, 0.1) is 5.41 Å². The van der Waals surface area contributed by atoms with E-state index in [4.69, 9.17) is 16.3 Å². The zero-order valence-corrected chi connectivity index (χ0v) is 7.55. The van der Waals surface area contributed by atoms with E-state index in [1.54, 1.807) is 13.8 Å². The topological polar surface area (TPSA) is 52.6 Å². The van der Waals surface area contributed by atoms with Crippen LogP contribution < -0.4 is 0 Å². The van der Waals surface area contributed by atoms with Gasteiger partial charge in [-0.05, 0) is 0 Å². The Morgan fingerprint density at radius 1 is 1.75 bits per heavy atom. The summed E-state index contributed by atoms with van der Waals surface area (Å²) >= 11 is 4.98. The Hall–Kier alpha value is -0.770. The van der Waals surface area contributed by atoms with Gasteiger partial charge in [0, 0.05) is 17.0 Å². The number of cyclic esters (lactones) is 1. The normalized spacial score (nSPS) is 26.6. The molecule has 0 aromatic rings. The van der Waals surface area contributed by atoms with Crippen LogP contribution in [0.2, 0.25) is 0 Å². The number of hydrogen-bond donors (Lipinski definition) is 0. The van der Waals surface area contributed by atoms with E-state index in [1.165, 1.54) is 0 Å². The minimum atomic E-state index is -0.980. The summed E-state index contributed by atoms with van der Waals surface area (Å²) in [6.07, 6.45) is -0.873. The van der Waals surface area contributed by atoms with Gasteiger partial charge < -0.3 is 9.47 Å². The van der Waals surface area contributed by atoms with Gasteiger partial charge in [-0.15, -0.1) is 0 Å². The van der Waals surface area contributed by atoms with Gasteiger partial charge in [0.15, 0.2) is 0 Å². The molecule has 0 radical (unpaired) electrons. The Balaban J connectivity index is 2.71. The monoisotopic (exact) mass is 192 g/mol. The average molecular weight is 193 g/mol. The van der Waals surface area contributed by atoms with E-state index < -0.39 is 22.9 Å². The predicted molar refractivity (Wildman–Crippen MR) is 40.9 cm³/mol. The molecule has 1 aliphatic rings. The van der Waals surface area contributed by atoms with Crippen LogP contribution >= 0.6 is 11.6 Å². The maximum absolute atomic E-state index is 11.0. The summed E-state index contributed by atoms with van der Waals surface area (Å²) in [5, 5.41) is 0. The third-order valence-corrected chi connectivity index (χ3v) is 1.81. The van der Waals surface area contributed by atoms with Crippen molar-refractivity contribution in [2.24, 2.45) is 5.41 Å². The maximum atomic E-state index is 11.0. The molecule has 0 aromatic carbocycles. The molecule has 0 saturated carbocycles. The summed E-state index contributed by atoms with van der Waals surface area (Å²) in [6, 6.07) is 0. The number of carbonyl (C=O) groups is 2. The number of esters is 1. The molecule has 1 saturated heterocycles. The van der Waals surface area contributed by atoms with Crippen molar-refractivity contribution in [2.75, 3.05) is 6.61 Å². The zero-order valence-electron chi connectivity index (χ0n) is 6.80. The van der Waals surface area contributed by atoms with Gasteiger partial charge in [0.2, 0.25) is 6.10 Å². The van der Waals surface area contributed by atoms with Crippen molar-refractivity contribution in [3.63, 3.8) is 0 Å². The van der Waals surface area contributed by atoms with Crippen LogP contribution in [0.4, 0.5) is 4.79 Å². The van der Waals surface area contributed by atoms with E-state index in [0.717, 1.165) is 0 Å². The standard InChI is InChI=1S/C7H9ClO4/c1-7(2)3-11-5(9)4(7)12-6(8)10/h4H,3H2,1-2H3/t4-/m1/s1. The first-order chi connectivity index (χ1) is 5.43. The lowest BCUT2D eigenvalue weighted by Gasteiger charge is -2.19. The fourth-order valence-corrected chi connectivity index (χ4v) is 1.12. The van der Waals surface area contributed by atoms with E-state index in [0.29, 0.717) is 0 Å². The fraction of sp³-hybridized carbons (Fsp3) is 0.714. The molecule has 1 atom stereocenters. The molecule has 0 N–H and O–H groups in total. The first-order valence-corrected chi connectivity index (χ1v) is 3.84. The number of carbonyl (C=O) groups excluding carboxylic acids is 2. The second kappa shape index (κ2) is 2.94. The molecule has 12 heavy (non-hydrogen) atoms. The van der Waals surface area contributed by atoms with Gasteiger partial charge >= 0.3 is 11.4 Å². The largest absolute Gasteiger partial charge is 0.462 e. The van der Waals surface area contributed by atoms with Gasteiger partial charge in [0.05, 0.1) is 0 Å². The van der Waals surface area contributed by atoms with Crippen molar-refractivity contribution in [3.8, 4) is 0 Å². The Morgan fingerprint density at radius 3 is 2.67 bits per heavy atom. The number of halogens is 1. The Labute approximate surface area is 74.8 Å². The lowest BCUT2D eigenvalue weighted by Crippen LogP contribution is -2.33. The van der Waals surface area contributed by atoms with Crippen LogP contribution in [0.25, 0.3) is 0 Å². The molecule has 0 spiro atoms. The Morgan fingerprint density at radius 2 is 2.33 bits per heavy atom. The molecule has 1 aliphatic heterocycles. The van der Waals surface area contributed by atoms with Crippen LogP contribution in [0.1, 0.15) is 13.8 Å². The van der Waals surface area contributed by atoms with E-state index >= 15 is 0 Å². The fourth-order valence-electron chi connectivity index (χ4n) is 1.03. The lowest BCUT2D eigenvalue weighted by molar-refractivity contribution is -0.144. The van der Waals surface area contributed by atoms with Gasteiger partial charge in [0.25, 0.3) is 0 Å². The smallest absolute Gasteiger partial charge is 0.404 e. The summed E-state index contributed by atoms with van der Waals surface area (Å²) in [5.41, 5.74) is -1.46. The van der Waals surface area contributed by atoms with Crippen molar-refractivity contribution in [1.82, 2.24) is 0 Å². The van der Waals surface area contributed by atoms with Crippen molar-refractivity contribution < 1.29 is 19.1 Å². The maximum Gasteiger partial charge on any atom is 0.404 e. The molecule has 4 nitrogen and oxygen atoms in total. The summed E-state index contributed by atoms with van der Waals surface area (Å²) in [5.74, 6) is -0.533. The number of hydrogen-bond acceptors (Lipinski definition) is 4. The SMILES string of the molecule is CC1(C)COC(=O)[C@H]1OC(=O)Cl. The molecule has 0 bridgehead atoms. The molecule has 5 heteroatoms. The van der Waals surface area contributed by atoms with Crippen LogP contribution in [-0.4, -0.2) is 24.1 Å². The quantitative estimate of drug-likeness (QED) is 0.464. The molecule has 1 heterocycles. The van der Waals surface area contributed by atoms with Crippen molar-refractivity contribution in [1.29, 1.82) is 0 Å². The summed E-state index contributed by atoms with van der Waals surface area (Å²) in [4.78, 5) is 21.3. The second-order valence-corrected chi connectivity index (χ2v) is 3.64. The van der Waals surface area contributed by atoms with Gasteiger partial charge in [0.1, 0.15) is 6.61 Å². The van der Waals surface area contributed by atoms with Crippen LogP contribution in [0.15, 0.2) is 0 Å². The second-order valence-electron chi connectivity index (χ2n) is 3.33. The lowest BCUT2D eigenvalue weighted by atomic mass is 9.90. The van der Waals surface area contributed by atoms with Crippen LogP contribution in [0.5, 0.6) is 0 Å². The summed E-state index contributed by atoms with van der Waals surface area (Å²) in [7, 11) is 0. The third-order valence-electron chi connectivity index (χ3n) is 1.72. The highest BCUT2D eigenvalue weighted by atomic mass is 35.5. The van der Waals surface area contributed by atoms with Gasteiger partial charge in [-0.1, -0.05) is 13.8 Å². The average Bonchev–Trinajstić information content (AvgIpc) is 2.15. The first kappa shape index (κ1) is 9.32. The molecular weight excluding hydrogens is 184 g/mol. The van der Waals surface area contributed by atoms with Gasteiger partial charge in [-0.3, -0.25) is 0 Å². The summed E-state index contributed by atoms with van der Waals surface area (Å²) < 4.78 is 9.30. The highest BCUT2D eigenvalue weighted by molar-refractivity contribution is 6.61. The zero-order chi connectivity index (χ0) is 9.35. The van der Waals surface area contributed by atoms with Crippen LogP contribution in [0.3, 0.4) is 0 Å². The van der Waals surface area contributed by atoms with Gasteiger partial charge in [-0.2, -0.15) is 0 Å². The highest BCUT2D eigenvalue weighted by Gasteiger charge is 2.46. The van der Waals surface area contributed by atoms with Crippen molar-refractivity contribution in [2.45, 2.75) is 20.0 Å². The molecule has 0 aliphatic carbocycles. The number of ether oxygens (including phenoxy) is 2. The number of rotatable bonds is 1. The molecule has 1 fully saturated rings. The van der Waals surface area contributed by atoms with E-state index in [-0.39, 0.29) is 6.61 Å². The molecule has 0 unspecified atom stereocenters. The molecule has 0 amide bonds. The molecule has 0 aromatic heterocycles. The van der Waals surface area contributed by atoms with E-state index in [2.05, 4.69) is 4.74 Å². The minimum Gasteiger partial charge on any atom is -0.462 e. The Kier molecular flexibility index (Phi) is 2.28. The van der Waals surface area contributed by atoms with Crippen molar-refractivity contribution >= 4 is 23.0 Å². The van der Waals surface area contributed by atoms with Gasteiger partial charge in [-0.25, -0.2) is 9.59 Å².